The zero-order valence-electron chi connectivity index (χ0n) is 15.8. The molecule has 2 heterocycles. The van der Waals surface area contributed by atoms with Crippen LogP contribution in [0.5, 0.6) is 0 Å². The Morgan fingerprint density at radius 2 is 2.11 bits per heavy atom. The van der Waals surface area contributed by atoms with Gasteiger partial charge >= 0.3 is 0 Å². The summed E-state index contributed by atoms with van der Waals surface area (Å²) in [6, 6.07) is 8.23. The van der Waals surface area contributed by atoms with Crippen molar-refractivity contribution in [3.63, 3.8) is 0 Å². The first-order valence-corrected chi connectivity index (χ1v) is 10.6. The third-order valence-electron chi connectivity index (χ3n) is 3.85. The van der Waals surface area contributed by atoms with Gasteiger partial charge in [0, 0.05) is 23.7 Å². The number of thiazole rings is 1. The summed E-state index contributed by atoms with van der Waals surface area (Å²) in [4.78, 5) is 16.5. The summed E-state index contributed by atoms with van der Waals surface area (Å²) in [6.07, 6.45) is 1.67. The molecule has 0 bridgehead atoms. The van der Waals surface area contributed by atoms with Gasteiger partial charge in [-0.1, -0.05) is 49.4 Å². The van der Waals surface area contributed by atoms with Crippen molar-refractivity contribution in [2.24, 2.45) is 5.92 Å². The fourth-order valence-electron chi connectivity index (χ4n) is 2.61. The van der Waals surface area contributed by atoms with E-state index in [0.29, 0.717) is 11.0 Å². The highest BCUT2D eigenvalue weighted by Gasteiger charge is 2.22. The van der Waals surface area contributed by atoms with Crippen LogP contribution in [-0.4, -0.2) is 30.9 Å². The minimum atomic E-state index is -0.311. The Morgan fingerprint density at radius 3 is 2.78 bits per heavy atom. The maximum Gasteiger partial charge on any atom is 0.239 e. The number of hydrogen-bond donors (Lipinski definition) is 1. The van der Waals surface area contributed by atoms with Crippen molar-refractivity contribution in [1.82, 2.24) is 19.7 Å². The van der Waals surface area contributed by atoms with Crippen LogP contribution in [0, 0.1) is 12.8 Å². The quantitative estimate of drug-likeness (QED) is 0.591. The highest BCUT2D eigenvalue weighted by atomic mass is 32.2. The smallest absolute Gasteiger partial charge is 0.239 e. The zero-order chi connectivity index (χ0) is 19.4. The number of aromatic nitrogens is 4. The van der Waals surface area contributed by atoms with Crippen molar-refractivity contribution in [3.8, 4) is 11.4 Å². The number of carbonyl (C=O) groups is 1. The number of anilines is 1. The van der Waals surface area contributed by atoms with Crippen molar-refractivity contribution in [3.05, 3.63) is 41.4 Å². The maximum atomic E-state index is 12.4. The Balaban J connectivity index is 1.83. The summed E-state index contributed by atoms with van der Waals surface area (Å²) in [7, 11) is 0. The minimum absolute atomic E-state index is 0.0915. The van der Waals surface area contributed by atoms with Gasteiger partial charge in [-0.3, -0.25) is 4.79 Å². The number of thioether (sulfide) groups is 1. The van der Waals surface area contributed by atoms with Crippen LogP contribution in [-0.2, 0) is 11.3 Å². The normalized spacial score (nSPS) is 12.3. The Bertz CT molecular complexity index is 905. The maximum absolute atomic E-state index is 12.4. The van der Waals surface area contributed by atoms with E-state index >= 15 is 0 Å². The van der Waals surface area contributed by atoms with E-state index in [1.165, 1.54) is 28.7 Å². The molecule has 3 aromatic rings. The largest absolute Gasteiger partial charge is 0.302 e. The first-order chi connectivity index (χ1) is 12.9. The SMILES string of the molecule is Cc1cccc(-c2nnc(S[C@H](C)C(=O)Nc3nccs3)n2CC(C)C)c1. The van der Waals surface area contributed by atoms with Crippen molar-refractivity contribution < 1.29 is 4.79 Å². The molecule has 142 valence electrons. The van der Waals surface area contributed by atoms with E-state index in [9.17, 15) is 4.79 Å². The van der Waals surface area contributed by atoms with E-state index < -0.39 is 0 Å². The summed E-state index contributed by atoms with van der Waals surface area (Å²) in [6.45, 7) is 9.04. The number of benzene rings is 1. The second kappa shape index (κ2) is 8.67. The Kier molecular flexibility index (Phi) is 6.28. The van der Waals surface area contributed by atoms with E-state index in [-0.39, 0.29) is 11.2 Å². The molecule has 0 saturated heterocycles. The average Bonchev–Trinajstić information content (AvgIpc) is 3.25. The molecule has 0 spiro atoms. The van der Waals surface area contributed by atoms with Crippen LogP contribution in [0.1, 0.15) is 26.3 Å². The van der Waals surface area contributed by atoms with Gasteiger partial charge in [-0.25, -0.2) is 4.98 Å². The lowest BCUT2D eigenvalue weighted by atomic mass is 10.1. The molecule has 8 heteroatoms. The predicted octanol–water partition coefficient (Wildman–Crippen LogP) is 4.49. The van der Waals surface area contributed by atoms with E-state index in [1.807, 2.05) is 24.4 Å². The molecule has 0 aliphatic heterocycles. The monoisotopic (exact) mass is 401 g/mol. The van der Waals surface area contributed by atoms with Crippen LogP contribution in [0.25, 0.3) is 11.4 Å². The lowest BCUT2D eigenvalue weighted by Gasteiger charge is -2.15. The molecule has 3 rings (SSSR count). The number of hydrogen-bond acceptors (Lipinski definition) is 6. The molecular formula is C19H23N5OS2. The van der Waals surface area contributed by atoms with Gasteiger partial charge in [-0.05, 0) is 25.8 Å². The molecule has 1 N–H and O–H groups in total. The summed E-state index contributed by atoms with van der Waals surface area (Å²) in [5, 5.41) is 14.5. The van der Waals surface area contributed by atoms with Gasteiger partial charge in [0.1, 0.15) is 0 Å². The standard InChI is InChI=1S/C19H23N5OS2/c1-12(2)11-24-16(15-7-5-6-13(3)10-15)22-23-19(24)27-14(4)17(25)21-18-20-8-9-26-18/h5-10,12,14H,11H2,1-4H3,(H,20,21,25)/t14-/m1/s1. The zero-order valence-corrected chi connectivity index (χ0v) is 17.5. The first kappa shape index (κ1) is 19.6. The van der Waals surface area contributed by atoms with Crippen molar-refractivity contribution >= 4 is 34.1 Å². The molecule has 0 unspecified atom stereocenters. The van der Waals surface area contributed by atoms with E-state index in [0.717, 1.165) is 23.1 Å². The molecule has 0 aliphatic carbocycles. The number of amides is 1. The Hall–Kier alpha value is -2.19. The van der Waals surface area contributed by atoms with Crippen LogP contribution in [0.4, 0.5) is 5.13 Å². The van der Waals surface area contributed by atoms with Crippen molar-refractivity contribution in [2.75, 3.05) is 5.32 Å². The number of carbonyl (C=O) groups excluding carboxylic acids is 1. The topological polar surface area (TPSA) is 72.7 Å². The molecule has 1 amide bonds. The molecule has 0 fully saturated rings. The van der Waals surface area contributed by atoms with Gasteiger partial charge in [0.15, 0.2) is 16.1 Å². The Morgan fingerprint density at radius 1 is 1.30 bits per heavy atom. The van der Waals surface area contributed by atoms with Crippen LogP contribution < -0.4 is 5.32 Å². The van der Waals surface area contributed by atoms with Crippen molar-refractivity contribution in [2.45, 2.75) is 44.6 Å². The molecular weight excluding hydrogens is 378 g/mol. The van der Waals surface area contributed by atoms with Gasteiger partial charge < -0.3 is 9.88 Å². The second-order valence-corrected chi connectivity index (χ2v) is 8.97. The molecule has 1 atom stereocenters. The second-order valence-electron chi connectivity index (χ2n) is 6.77. The molecule has 1 aromatic carbocycles. The number of aryl methyl sites for hydroxylation is 1. The van der Waals surface area contributed by atoms with Gasteiger partial charge in [0.2, 0.25) is 5.91 Å². The highest BCUT2D eigenvalue weighted by Crippen LogP contribution is 2.28. The van der Waals surface area contributed by atoms with Crippen LogP contribution in [0.3, 0.4) is 0 Å². The lowest BCUT2D eigenvalue weighted by molar-refractivity contribution is -0.115. The molecule has 2 aromatic heterocycles. The average molecular weight is 402 g/mol. The number of nitrogens with one attached hydrogen (secondary N) is 1. The van der Waals surface area contributed by atoms with Gasteiger partial charge in [0.05, 0.1) is 5.25 Å². The molecule has 0 saturated carbocycles. The molecule has 6 nitrogen and oxygen atoms in total. The first-order valence-electron chi connectivity index (χ1n) is 8.81. The summed E-state index contributed by atoms with van der Waals surface area (Å²) in [5.74, 6) is 1.18. The highest BCUT2D eigenvalue weighted by molar-refractivity contribution is 8.00. The predicted molar refractivity (Wildman–Crippen MR) is 111 cm³/mol. The van der Waals surface area contributed by atoms with E-state index in [4.69, 9.17) is 0 Å². The van der Waals surface area contributed by atoms with Gasteiger partial charge in [-0.2, -0.15) is 0 Å². The fraction of sp³-hybridized carbons (Fsp3) is 0.368. The van der Waals surface area contributed by atoms with Gasteiger partial charge in [0.25, 0.3) is 0 Å². The number of rotatable bonds is 7. The van der Waals surface area contributed by atoms with E-state index in [1.54, 1.807) is 6.20 Å². The summed E-state index contributed by atoms with van der Waals surface area (Å²) >= 11 is 2.82. The molecule has 27 heavy (non-hydrogen) atoms. The summed E-state index contributed by atoms with van der Waals surface area (Å²) < 4.78 is 2.11. The molecule has 0 aliphatic rings. The number of nitrogens with zero attached hydrogens (tertiary/aromatic N) is 4. The Labute approximate surface area is 167 Å². The van der Waals surface area contributed by atoms with Gasteiger partial charge in [-0.15, -0.1) is 21.5 Å². The summed E-state index contributed by atoms with van der Waals surface area (Å²) in [5.41, 5.74) is 2.21. The van der Waals surface area contributed by atoms with Crippen LogP contribution in [0.2, 0.25) is 0 Å². The van der Waals surface area contributed by atoms with Crippen molar-refractivity contribution in [1.29, 1.82) is 0 Å². The van der Waals surface area contributed by atoms with Crippen LogP contribution in [0.15, 0.2) is 41.0 Å². The minimum Gasteiger partial charge on any atom is -0.302 e. The molecule has 0 radical (unpaired) electrons. The third-order valence-corrected chi connectivity index (χ3v) is 5.62. The fourth-order valence-corrected chi connectivity index (χ4v) is 4.00. The van der Waals surface area contributed by atoms with E-state index in [2.05, 4.69) is 58.0 Å². The van der Waals surface area contributed by atoms with Crippen LogP contribution >= 0.6 is 23.1 Å². The third kappa shape index (κ3) is 4.95. The lowest BCUT2D eigenvalue weighted by Crippen LogP contribution is -2.23.